The van der Waals surface area contributed by atoms with Crippen LogP contribution in [-0.4, -0.2) is 22.9 Å². The van der Waals surface area contributed by atoms with Gasteiger partial charge in [-0.15, -0.1) is 0 Å². The van der Waals surface area contributed by atoms with Crippen LogP contribution in [0.4, 0.5) is 0 Å². The van der Waals surface area contributed by atoms with Crippen LogP contribution in [0, 0.1) is 0 Å². The molecule has 106 valence electrons. The van der Waals surface area contributed by atoms with E-state index in [0.29, 0.717) is 6.04 Å². The summed E-state index contributed by atoms with van der Waals surface area (Å²) in [5.41, 5.74) is 3.54. The molecule has 1 aliphatic carbocycles. The quantitative estimate of drug-likeness (QED) is 0.878. The van der Waals surface area contributed by atoms with Gasteiger partial charge < -0.3 is 10.1 Å². The molecule has 4 heteroatoms. The van der Waals surface area contributed by atoms with E-state index in [2.05, 4.69) is 17.3 Å². The molecule has 1 saturated carbocycles. The molecule has 0 saturated heterocycles. The third-order valence-electron chi connectivity index (χ3n) is 3.76. The fourth-order valence-electron chi connectivity index (χ4n) is 2.49. The van der Waals surface area contributed by atoms with Gasteiger partial charge in [-0.3, -0.25) is 0 Å². The number of benzene rings is 1. The summed E-state index contributed by atoms with van der Waals surface area (Å²) in [5.74, 6) is 0.854. The Kier molecular flexibility index (Phi) is 3.74. The number of methoxy groups -OCH3 is 1. The molecular weight excluding hydrogens is 250 g/mol. The Bertz CT molecular complexity index is 587. The molecule has 0 aliphatic heterocycles. The van der Waals surface area contributed by atoms with E-state index >= 15 is 0 Å². The number of hydrogen-bond acceptors (Lipinski definition) is 3. The van der Waals surface area contributed by atoms with Gasteiger partial charge in [0, 0.05) is 23.8 Å². The zero-order valence-electron chi connectivity index (χ0n) is 12.1. The summed E-state index contributed by atoms with van der Waals surface area (Å²) in [6.45, 7) is 3.08. The first-order valence-corrected chi connectivity index (χ1v) is 7.26. The maximum absolute atomic E-state index is 5.44. The molecule has 0 radical (unpaired) electrons. The number of aromatic nitrogens is 2. The van der Waals surface area contributed by atoms with E-state index < -0.39 is 0 Å². The van der Waals surface area contributed by atoms with E-state index in [1.54, 1.807) is 7.11 Å². The number of ether oxygens (including phenoxy) is 1. The van der Waals surface area contributed by atoms with E-state index in [1.807, 2.05) is 35.1 Å². The van der Waals surface area contributed by atoms with Crippen molar-refractivity contribution in [1.82, 2.24) is 15.1 Å². The lowest BCUT2D eigenvalue weighted by molar-refractivity contribution is 0.411. The summed E-state index contributed by atoms with van der Waals surface area (Å²) >= 11 is 0. The Labute approximate surface area is 119 Å². The SMILES string of the molecule is CCc1c(CNC2CC2)cnn1-c1ccccc1OC. The minimum absolute atomic E-state index is 0.717. The lowest BCUT2D eigenvalue weighted by atomic mass is 10.2. The van der Waals surface area contributed by atoms with Crippen molar-refractivity contribution in [2.24, 2.45) is 0 Å². The molecule has 0 bridgehead atoms. The Morgan fingerprint density at radius 3 is 2.85 bits per heavy atom. The van der Waals surface area contributed by atoms with Gasteiger partial charge in [0.15, 0.2) is 0 Å². The van der Waals surface area contributed by atoms with Crippen molar-refractivity contribution in [1.29, 1.82) is 0 Å². The van der Waals surface area contributed by atoms with E-state index in [0.717, 1.165) is 24.4 Å². The Morgan fingerprint density at radius 2 is 2.15 bits per heavy atom. The summed E-state index contributed by atoms with van der Waals surface area (Å²) in [4.78, 5) is 0. The molecule has 3 rings (SSSR count). The Balaban J connectivity index is 1.92. The summed E-state index contributed by atoms with van der Waals surface area (Å²) < 4.78 is 7.44. The highest BCUT2D eigenvalue weighted by Crippen LogP contribution is 2.25. The zero-order chi connectivity index (χ0) is 13.9. The number of nitrogens with zero attached hydrogens (tertiary/aromatic N) is 2. The summed E-state index contributed by atoms with van der Waals surface area (Å²) in [6, 6.07) is 8.73. The van der Waals surface area contributed by atoms with Crippen LogP contribution in [-0.2, 0) is 13.0 Å². The van der Waals surface area contributed by atoms with Gasteiger partial charge in [0.2, 0.25) is 0 Å². The van der Waals surface area contributed by atoms with Gasteiger partial charge >= 0.3 is 0 Å². The molecule has 0 atom stereocenters. The maximum Gasteiger partial charge on any atom is 0.144 e. The zero-order valence-corrected chi connectivity index (χ0v) is 12.1. The van der Waals surface area contributed by atoms with Gasteiger partial charge in [-0.1, -0.05) is 19.1 Å². The highest BCUT2D eigenvalue weighted by molar-refractivity contribution is 5.47. The first kappa shape index (κ1) is 13.2. The number of rotatable bonds is 6. The van der Waals surface area contributed by atoms with Crippen LogP contribution in [0.2, 0.25) is 0 Å². The Hall–Kier alpha value is -1.81. The fourth-order valence-corrected chi connectivity index (χ4v) is 2.49. The second kappa shape index (κ2) is 5.67. The van der Waals surface area contributed by atoms with Crippen molar-refractivity contribution in [2.75, 3.05) is 7.11 Å². The number of para-hydroxylation sites is 2. The second-order valence-electron chi connectivity index (χ2n) is 5.21. The van der Waals surface area contributed by atoms with E-state index in [-0.39, 0.29) is 0 Å². The molecule has 0 spiro atoms. The highest BCUT2D eigenvalue weighted by atomic mass is 16.5. The largest absolute Gasteiger partial charge is 0.494 e. The van der Waals surface area contributed by atoms with Crippen LogP contribution in [0.25, 0.3) is 5.69 Å². The van der Waals surface area contributed by atoms with Crippen LogP contribution in [0.15, 0.2) is 30.5 Å². The van der Waals surface area contributed by atoms with Crippen LogP contribution >= 0.6 is 0 Å². The molecule has 1 fully saturated rings. The number of nitrogens with one attached hydrogen (secondary N) is 1. The van der Waals surface area contributed by atoms with Gasteiger partial charge in [0.25, 0.3) is 0 Å². The van der Waals surface area contributed by atoms with Crippen molar-refractivity contribution >= 4 is 0 Å². The lowest BCUT2D eigenvalue weighted by Crippen LogP contribution is -2.16. The van der Waals surface area contributed by atoms with Gasteiger partial charge in [-0.25, -0.2) is 4.68 Å². The van der Waals surface area contributed by atoms with Gasteiger partial charge in [0.1, 0.15) is 11.4 Å². The second-order valence-corrected chi connectivity index (χ2v) is 5.21. The molecule has 20 heavy (non-hydrogen) atoms. The molecule has 0 amide bonds. The van der Waals surface area contributed by atoms with Gasteiger partial charge in [0.05, 0.1) is 13.3 Å². The molecule has 4 nitrogen and oxygen atoms in total. The molecule has 1 aromatic carbocycles. The standard InChI is InChI=1S/C16H21N3O/c1-3-14-12(10-17-13-8-9-13)11-18-19(14)15-6-4-5-7-16(15)20-2/h4-7,11,13,17H,3,8-10H2,1-2H3. The summed E-state index contributed by atoms with van der Waals surface area (Å²) in [7, 11) is 1.70. The average Bonchev–Trinajstić information content (AvgIpc) is 3.23. The van der Waals surface area contributed by atoms with Crippen LogP contribution in [0.1, 0.15) is 31.0 Å². The van der Waals surface area contributed by atoms with Gasteiger partial charge in [-0.05, 0) is 31.4 Å². The van der Waals surface area contributed by atoms with Gasteiger partial charge in [-0.2, -0.15) is 5.10 Å². The summed E-state index contributed by atoms with van der Waals surface area (Å²) in [6.07, 6.45) is 5.55. The smallest absolute Gasteiger partial charge is 0.144 e. The van der Waals surface area contributed by atoms with Crippen molar-refractivity contribution < 1.29 is 4.74 Å². The molecule has 1 N–H and O–H groups in total. The van der Waals surface area contributed by atoms with Crippen LogP contribution in [0.3, 0.4) is 0 Å². The average molecular weight is 271 g/mol. The first-order chi connectivity index (χ1) is 9.83. The Morgan fingerprint density at radius 1 is 1.35 bits per heavy atom. The molecule has 1 aromatic heterocycles. The third kappa shape index (κ3) is 2.56. The topological polar surface area (TPSA) is 39.1 Å². The van der Waals surface area contributed by atoms with E-state index in [4.69, 9.17) is 4.74 Å². The predicted octanol–water partition coefficient (Wildman–Crippen LogP) is 2.70. The minimum atomic E-state index is 0.717. The van der Waals surface area contributed by atoms with Crippen molar-refractivity contribution in [3.05, 3.63) is 41.7 Å². The summed E-state index contributed by atoms with van der Waals surface area (Å²) in [5, 5.41) is 8.12. The third-order valence-corrected chi connectivity index (χ3v) is 3.76. The van der Waals surface area contributed by atoms with E-state index in [1.165, 1.54) is 24.1 Å². The minimum Gasteiger partial charge on any atom is -0.494 e. The molecular formula is C16H21N3O. The monoisotopic (exact) mass is 271 g/mol. The fraction of sp³-hybridized carbons (Fsp3) is 0.438. The molecule has 1 aliphatic rings. The van der Waals surface area contributed by atoms with E-state index in [9.17, 15) is 0 Å². The number of hydrogen-bond donors (Lipinski definition) is 1. The van der Waals surface area contributed by atoms with Crippen molar-refractivity contribution in [3.63, 3.8) is 0 Å². The molecule has 1 heterocycles. The van der Waals surface area contributed by atoms with Crippen LogP contribution in [0.5, 0.6) is 5.75 Å². The van der Waals surface area contributed by atoms with Crippen molar-refractivity contribution in [2.45, 2.75) is 38.8 Å². The predicted molar refractivity (Wildman–Crippen MR) is 79.4 cm³/mol. The maximum atomic E-state index is 5.44. The highest BCUT2D eigenvalue weighted by Gasteiger charge is 2.21. The lowest BCUT2D eigenvalue weighted by Gasteiger charge is -2.12. The van der Waals surface area contributed by atoms with Crippen molar-refractivity contribution in [3.8, 4) is 11.4 Å². The van der Waals surface area contributed by atoms with Crippen LogP contribution < -0.4 is 10.1 Å². The molecule has 2 aromatic rings. The normalized spacial score (nSPS) is 14.5. The first-order valence-electron chi connectivity index (χ1n) is 7.26. The molecule has 0 unspecified atom stereocenters.